The predicted molar refractivity (Wildman–Crippen MR) is 107 cm³/mol. The molecule has 0 unspecified atom stereocenters. The summed E-state index contributed by atoms with van der Waals surface area (Å²) >= 11 is 0. The van der Waals surface area contributed by atoms with Gasteiger partial charge in [-0.3, -0.25) is 0 Å². The van der Waals surface area contributed by atoms with Crippen LogP contribution in [0.1, 0.15) is 82.6 Å². The first-order chi connectivity index (χ1) is 14.3. The van der Waals surface area contributed by atoms with Crippen LogP contribution in [0.3, 0.4) is 0 Å². The Morgan fingerprint density at radius 2 is 1.43 bits per heavy atom. The monoisotopic (exact) mass is 430 g/mol. The highest BCUT2D eigenvalue weighted by molar-refractivity contribution is 5.33. The summed E-state index contributed by atoms with van der Waals surface area (Å²) in [4.78, 5) is 0. The fourth-order valence-electron chi connectivity index (χ4n) is 5.22. The molecular weight excluding hydrogens is 399 g/mol. The smallest absolute Gasteiger partial charge is 0.399 e. The SMILES string of the molecule is CCC/C=C/C1CCC(C2CCC(c3cc(F)c(OC(F)(F)F)c(F)c3)CC2)CC1. The van der Waals surface area contributed by atoms with Gasteiger partial charge in [0, 0.05) is 0 Å². The topological polar surface area (TPSA) is 9.23 Å². The molecule has 6 heteroatoms. The summed E-state index contributed by atoms with van der Waals surface area (Å²) in [7, 11) is 0. The normalized spacial score (nSPS) is 28.1. The van der Waals surface area contributed by atoms with E-state index in [9.17, 15) is 22.0 Å². The second-order valence-corrected chi connectivity index (χ2v) is 8.86. The van der Waals surface area contributed by atoms with E-state index in [1.807, 2.05) is 0 Å². The average Bonchev–Trinajstić information content (AvgIpc) is 2.71. The van der Waals surface area contributed by atoms with E-state index >= 15 is 0 Å². The third-order valence-electron chi connectivity index (χ3n) is 6.83. The van der Waals surface area contributed by atoms with Crippen molar-refractivity contribution in [1.82, 2.24) is 0 Å². The number of hydrogen-bond donors (Lipinski definition) is 0. The molecule has 1 aromatic rings. The molecule has 0 amide bonds. The molecule has 0 N–H and O–H groups in total. The van der Waals surface area contributed by atoms with Gasteiger partial charge in [0.25, 0.3) is 0 Å². The van der Waals surface area contributed by atoms with Gasteiger partial charge in [-0.05, 0) is 99.2 Å². The number of hydrogen-bond acceptors (Lipinski definition) is 1. The molecule has 2 aliphatic rings. The third kappa shape index (κ3) is 6.21. The highest BCUT2D eigenvalue weighted by Crippen LogP contribution is 2.45. The Bertz CT molecular complexity index is 688. The lowest BCUT2D eigenvalue weighted by atomic mass is 9.68. The van der Waals surface area contributed by atoms with Gasteiger partial charge in [0.15, 0.2) is 11.6 Å². The summed E-state index contributed by atoms with van der Waals surface area (Å²) in [5, 5.41) is 0. The van der Waals surface area contributed by atoms with Gasteiger partial charge in [0.1, 0.15) is 0 Å². The zero-order valence-corrected chi connectivity index (χ0v) is 17.5. The summed E-state index contributed by atoms with van der Waals surface area (Å²) in [6.45, 7) is 2.19. The lowest BCUT2D eigenvalue weighted by Gasteiger charge is -2.37. The fraction of sp³-hybridized carbons (Fsp3) is 0.667. The van der Waals surface area contributed by atoms with E-state index in [-0.39, 0.29) is 5.92 Å². The molecule has 0 radical (unpaired) electrons. The van der Waals surface area contributed by atoms with Crippen LogP contribution >= 0.6 is 0 Å². The molecule has 2 aliphatic carbocycles. The largest absolute Gasteiger partial charge is 0.573 e. The number of benzene rings is 1. The van der Waals surface area contributed by atoms with E-state index in [0.717, 1.165) is 50.2 Å². The van der Waals surface area contributed by atoms with Gasteiger partial charge in [0.05, 0.1) is 0 Å². The second-order valence-electron chi connectivity index (χ2n) is 8.86. The van der Waals surface area contributed by atoms with Crippen LogP contribution in [0.25, 0.3) is 0 Å². The molecule has 3 rings (SSSR count). The highest BCUT2D eigenvalue weighted by Gasteiger charge is 2.35. The van der Waals surface area contributed by atoms with E-state index < -0.39 is 23.7 Å². The van der Waals surface area contributed by atoms with Crippen molar-refractivity contribution in [2.24, 2.45) is 17.8 Å². The number of rotatable bonds is 6. The van der Waals surface area contributed by atoms with Crippen LogP contribution in [0.2, 0.25) is 0 Å². The predicted octanol–water partition coefficient (Wildman–Crippen LogP) is 8.30. The average molecular weight is 431 g/mol. The quantitative estimate of drug-likeness (QED) is 0.326. The van der Waals surface area contributed by atoms with Gasteiger partial charge >= 0.3 is 6.36 Å². The summed E-state index contributed by atoms with van der Waals surface area (Å²) < 4.78 is 68.5. The molecule has 2 fully saturated rings. The van der Waals surface area contributed by atoms with Gasteiger partial charge in [-0.1, -0.05) is 25.5 Å². The number of allylic oxidation sites excluding steroid dienone is 2. The van der Waals surface area contributed by atoms with Crippen LogP contribution in [0.4, 0.5) is 22.0 Å². The Morgan fingerprint density at radius 1 is 0.900 bits per heavy atom. The Hall–Kier alpha value is -1.59. The highest BCUT2D eigenvalue weighted by atomic mass is 19.4. The molecule has 0 atom stereocenters. The standard InChI is InChI=1S/C24H31F5O/c1-2-3-4-5-16-6-8-17(9-7-16)18-10-12-19(13-11-18)20-14-21(25)23(22(26)15-20)30-24(27,28)29/h4-5,14-19H,2-3,6-13H2,1H3/b5-4+. The molecular formula is C24H31F5O. The van der Waals surface area contributed by atoms with Crippen LogP contribution in [0, 0.1) is 29.4 Å². The number of ether oxygens (including phenoxy) is 1. The van der Waals surface area contributed by atoms with E-state index in [4.69, 9.17) is 0 Å². The van der Waals surface area contributed by atoms with Gasteiger partial charge < -0.3 is 4.74 Å². The first kappa shape index (κ1) is 23.1. The third-order valence-corrected chi connectivity index (χ3v) is 6.83. The molecule has 168 valence electrons. The summed E-state index contributed by atoms with van der Waals surface area (Å²) in [6.07, 6.45) is 10.5. The van der Waals surface area contributed by atoms with Crippen molar-refractivity contribution in [2.45, 2.75) is 83.4 Å². The number of halogens is 5. The Balaban J connectivity index is 1.52. The first-order valence-electron chi connectivity index (χ1n) is 11.2. The second kappa shape index (κ2) is 10.1. The van der Waals surface area contributed by atoms with E-state index in [0.29, 0.717) is 17.4 Å². The maximum absolute atomic E-state index is 14.0. The molecule has 0 aromatic heterocycles. The minimum atomic E-state index is -5.12. The zero-order valence-electron chi connectivity index (χ0n) is 17.5. The van der Waals surface area contributed by atoms with Crippen LogP contribution < -0.4 is 4.74 Å². The molecule has 30 heavy (non-hydrogen) atoms. The Kier molecular flexibility index (Phi) is 7.81. The van der Waals surface area contributed by atoms with E-state index in [1.165, 1.54) is 32.1 Å². The molecule has 0 bridgehead atoms. The van der Waals surface area contributed by atoms with E-state index in [1.54, 1.807) is 0 Å². The fourth-order valence-corrected chi connectivity index (χ4v) is 5.22. The van der Waals surface area contributed by atoms with Crippen LogP contribution in [-0.4, -0.2) is 6.36 Å². The molecule has 1 nitrogen and oxygen atoms in total. The van der Waals surface area contributed by atoms with Crippen molar-refractivity contribution >= 4 is 0 Å². The number of alkyl halides is 3. The maximum atomic E-state index is 14.0. The van der Waals surface area contributed by atoms with E-state index in [2.05, 4.69) is 23.8 Å². The molecule has 1 aromatic carbocycles. The van der Waals surface area contributed by atoms with Crippen LogP contribution in [-0.2, 0) is 0 Å². The molecule has 0 heterocycles. The molecule has 0 spiro atoms. The summed E-state index contributed by atoms with van der Waals surface area (Å²) in [5.41, 5.74) is 0.433. The Morgan fingerprint density at radius 3 is 1.93 bits per heavy atom. The van der Waals surface area contributed by atoms with Crippen molar-refractivity contribution < 1.29 is 26.7 Å². The van der Waals surface area contributed by atoms with Crippen molar-refractivity contribution in [3.05, 3.63) is 41.5 Å². The summed E-state index contributed by atoms with van der Waals surface area (Å²) in [5.74, 6) is -1.91. The van der Waals surface area contributed by atoms with Crippen molar-refractivity contribution in [3.63, 3.8) is 0 Å². The number of unbranched alkanes of at least 4 members (excludes halogenated alkanes) is 1. The minimum Gasteiger partial charge on any atom is -0.399 e. The van der Waals surface area contributed by atoms with Crippen LogP contribution in [0.15, 0.2) is 24.3 Å². The maximum Gasteiger partial charge on any atom is 0.573 e. The van der Waals surface area contributed by atoms with Gasteiger partial charge in [-0.15, -0.1) is 13.2 Å². The van der Waals surface area contributed by atoms with Crippen molar-refractivity contribution in [3.8, 4) is 5.75 Å². The van der Waals surface area contributed by atoms with Crippen LogP contribution in [0.5, 0.6) is 5.75 Å². The van der Waals surface area contributed by atoms with Gasteiger partial charge in [-0.2, -0.15) is 0 Å². The van der Waals surface area contributed by atoms with Crippen molar-refractivity contribution in [1.29, 1.82) is 0 Å². The summed E-state index contributed by atoms with van der Waals surface area (Å²) in [6, 6.07) is 2.01. The lowest BCUT2D eigenvalue weighted by molar-refractivity contribution is -0.276. The van der Waals surface area contributed by atoms with Gasteiger partial charge in [-0.25, -0.2) is 8.78 Å². The minimum absolute atomic E-state index is 0.0153. The molecule has 0 saturated heterocycles. The lowest BCUT2D eigenvalue weighted by Crippen LogP contribution is -2.25. The molecule has 0 aliphatic heterocycles. The zero-order chi connectivity index (χ0) is 21.7. The molecule has 2 saturated carbocycles. The van der Waals surface area contributed by atoms with Gasteiger partial charge in [0.2, 0.25) is 5.75 Å². The Labute approximate surface area is 175 Å². The first-order valence-corrected chi connectivity index (χ1v) is 11.2. The van der Waals surface area contributed by atoms with Crippen molar-refractivity contribution in [2.75, 3.05) is 0 Å².